The van der Waals surface area contributed by atoms with Crippen LogP contribution in [-0.2, 0) is 19.3 Å². The van der Waals surface area contributed by atoms with Gasteiger partial charge in [-0.1, -0.05) is 0 Å². The Bertz CT molecular complexity index is 265. The highest BCUT2D eigenvalue weighted by molar-refractivity contribution is 7.91. The van der Waals surface area contributed by atoms with Gasteiger partial charge in [-0.25, -0.2) is 8.42 Å². The topological polar surface area (TPSA) is 52.6 Å². The van der Waals surface area contributed by atoms with E-state index in [9.17, 15) is 8.42 Å². The number of hydrogen-bond donors (Lipinski definition) is 0. The molecule has 2 aliphatic rings. The van der Waals surface area contributed by atoms with Crippen molar-refractivity contribution in [2.24, 2.45) is 5.92 Å². The van der Waals surface area contributed by atoms with Crippen LogP contribution in [0.5, 0.6) is 0 Å². The number of hydrogen-bond acceptors (Lipinski definition) is 4. The molecular weight excluding hydrogens is 192 g/mol. The number of ether oxygens (including phenoxy) is 2. The molecule has 76 valence electrons. The summed E-state index contributed by atoms with van der Waals surface area (Å²) in [4.78, 5) is 0. The molecule has 0 radical (unpaired) electrons. The highest BCUT2D eigenvalue weighted by atomic mass is 32.2. The zero-order valence-corrected chi connectivity index (χ0v) is 8.42. The average Bonchev–Trinajstić information content (AvgIpc) is 2.41. The summed E-state index contributed by atoms with van der Waals surface area (Å²) >= 11 is 0. The quantitative estimate of drug-likeness (QED) is 0.647. The SMILES string of the molecule is CCO[C@@H]1C[C@@H]2CS(=O)(=O)C[C@@H]2O1. The lowest BCUT2D eigenvalue weighted by Crippen LogP contribution is -2.18. The van der Waals surface area contributed by atoms with Crippen LogP contribution in [0.3, 0.4) is 0 Å². The van der Waals surface area contributed by atoms with Crippen molar-refractivity contribution in [3.05, 3.63) is 0 Å². The van der Waals surface area contributed by atoms with E-state index in [-0.39, 0.29) is 29.8 Å². The van der Waals surface area contributed by atoms with Crippen LogP contribution in [0, 0.1) is 5.92 Å². The molecule has 0 N–H and O–H groups in total. The van der Waals surface area contributed by atoms with Gasteiger partial charge < -0.3 is 9.47 Å². The summed E-state index contributed by atoms with van der Waals surface area (Å²) in [6.45, 7) is 2.53. The van der Waals surface area contributed by atoms with Gasteiger partial charge in [0.2, 0.25) is 0 Å². The summed E-state index contributed by atoms with van der Waals surface area (Å²) in [5, 5.41) is 0. The highest BCUT2D eigenvalue weighted by Crippen LogP contribution is 2.34. The summed E-state index contributed by atoms with van der Waals surface area (Å²) in [6.07, 6.45) is 0.453. The largest absolute Gasteiger partial charge is 0.353 e. The first-order valence-electron chi connectivity index (χ1n) is 4.58. The molecule has 0 aromatic heterocycles. The van der Waals surface area contributed by atoms with E-state index in [2.05, 4.69) is 0 Å². The van der Waals surface area contributed by atoms with Crippen LogP contribution in [-0.4, -0.2) is 38.9 Å². The molecule has 0 spiro atoms. The third kappa shape index (κ3) is 1.87. The van der Waals surface area contributed by atoms with Gasteiger partial charge in [-0.15, -0.1) is 0 Å². The first kappa shape index (κ1) is 9.43. The standard InChI is InChI=1S/C8H14O4S/c1-2-11-8-3-6-4-13(9,10)5-7(6)12-8/h6-8H,2-5H2,1H3/t6-,7+,8+/m1/s1. The maximum absolute atomic E-state index is 11.2. The van der Waals surface area contributed by atoms with Crippen LogP contribution in [0.25, 0.3) is 0 Å². The van der Waals surface area contributed by atoms with Crippen molar-refractivity contribution in [2.75, 3.05) is 18.1 Å². The zero-order valence-electron chi connectivity index (χ0n) is 7.60. The molecule has 3 atom stereocenters. The van der Waals surface area contributed by atoms with Gasteiger partial charge in [0.1, 0.15) is 0 Å². The second-order valence-electron chi connectivity index (χ2n) is 3.63. The Balaban J connectivity index is 1.97. The van der Waals surface area contributed by atoms with Crippen molar-refractivity contribution in [3.63, 3.8) is 0 Å². The van der Waals surface area contributed by atoms with Crippen molar-refractivity contribution in [1.29, 1.82) is 0 Å². The smallest absolute Gasteiger partial charge is 0.158 e. The number of sulfone groups is 1. The third-order valence-electron chi connectivity index (χ3n) is 2.59. The molecule has 2 saturated heterocycles. The van der Waals surface area contributed by atoms with Gasteiger partial charge in [0.05, 0.1) is 17.6 Å². The van der Waals surface area contributed by atoms with Crippen LogP contribution in [0.4, 0.5) is 0 Å². The monoisotopic (exact) mass is 206 g/mol. The lowest BCUT2D eigenvalue weighted by Gasteiger charge is -2.11. The van der Waals surface area contributed by atoms with E-state index in [0.29, 0.717) is 6.61 Å². The van der Waals surface area contributed by atoms with E-state index in [1.807, 2.05) is 6.92 Å². The zero-order chi connectivity index (χ0) is 9.47. The predicted octanol–water partition coefficient (Wildman–Crippen LogP) is 0.182. The molecule has 0 amide bonds. The van der Waals surface area contributed by atoms with Gasteiger partial charge in [-0.2, -0.15) is 0 Å². The Morgan fingerprint density at radius 2 is 2.23 bits per heavy atom. The van der Waals surface area contributed by atoms with E-state index in [1.54, 1.807) is 0 Å². The van der Waals surface area contributed by atoms with Crippen molar-refractivity contribution in [1.82, 2.24) is 0 Å². The Morgan fingerprint density at radius 3 is 2.85 bits per heavy atom. The van der Waals surface area contributed by atoms with Gasteiger partial charge in [-0.3, -0.25) is 0 Å². The number of fused-ring (bicyclic) bond motifs is 1. The number of rotatable bonds is 2. The molecule has 2 fully saturated rings. The van der Waals surface area contributed by atoms with Gasteiger partial charge in [0, 0.05) is 18.9 Å². The second kappa shape index (κ2) is 3.22. The van der Waals surface area contributed by atoms with Crippen LogP contribution < -0.4 is 0 Å². The van der Waals surface area contributed by atoms with Crippen molar-refractivity contribution < 1.29 is 17.9 Å². The lowest BCUT2D eigenvalue weighted by molar-refractivity contribution is -0.125. The molecule has 5 heteroatoms. The van der Waals surface area contributed by atoms with Crippen LogP contribution in [0.2, 0.25) is 0 Å². The molecule has 2 aliphatic heterocycles. The fourth-order valence-corrected chi connectivity index (χ4v) is 4.04. The third-order valence-corrected chi connectivity index (χ3v) is 4.36. The molecule has 0 aromatic rings. The molecule has 2 rings (SSSR count). The summed E-state index contributed by atoms with van der Waals surface area (Å²) in [6, 6.07) is 0. The van der Waals surface area contributed by atoms with Crippen LogP contribution in [0.15, 0.2) is 0 Å². The van der Waals surface area contributed by atoms with Crippen LogP contribution in [0.1, 0.15) is 13.3 Å². The maximum Gasteiger partial charge on any atom is 0.158 e. The molecule has 0 aromatic carbocycles. The Morgan fingerprint density at radius 1 is 1.46 bits per heavy atom. The Kier molecular flexibility index (Phi) is 2.33. The minimum Gasteiger partial charge on any atom is -0.353 e. The van der Waals surface area contributed by atoms with Gasteiger partial charge in [0.25, 0.3) is 0 Å². The molecule has 2 heterocycles. The molecule has 0 bridgehead atoms. The lowest BCUT2D eigenvalue weighted by atomic mass is 10.1. The van der Waals surface area contributed by atoms with Crippen LogP contribution >= 0.6 is 0 Å². The fourth-order valence-electron chi connectivity index (χ4n) is 2.05. The summed E-state index contributed by atoms with van der Waals surface area (Å²) in [5.74, 6) is 0.629. The van der Waals surface area contributed by atoms with Gasteiger partial charge in [-0.05, 0) is 6.92 Å². The molecule has 0 aliphatic carbocycles. The molecule has 4 nitrogen and oxygen atoms in total. The summed E-state index contributed by atoms with van der Waals surface area (Å²) < 4.78 is 33.1. The average molecular weight is 206 g/mol. The van der Waals surface area contributed by atoms with E-state index in [1.165, 1.54) is 0 Å². The molecular formula is C8H14O4S. The summed E-state index contributed by atoms with van der Waals surface area (Å²) in [7, 11) is -2.82. The fraction of sp³-hybridized carbons (Fsp3) is 1.00. The van der Waals surface area contributed by atoms with Crippen molar-refractivity contribution in [2.45, 2.75) is 25.7 Å². The van der Waals surface area contributed by atoms with Crippen molar-refractivity contribution >= 4 is 9.84 Å². The van der Waals surface area contributed by atoms with Gasteiger partial charge in [0.15, 0.2) is 16.1 Å². The minimum absolute atomic E-state index is 0.110. The van der Waals surface area contributed by atoms with E-state index < -0.39 is 9.84 Å². The second-order valence-corrected chi connectivity index (χ2v) is 5.79. The molecule has 13 heavy (non-hydrogen) atoms. The van der Waals surface area contributed by atoms with E-state index >= 15 is 0 Å². The first-order chi connectivity index (χ1) is 6.11. The highest BCUT2D eigenvalue weighted by Gasteiger charge is 2.45. The van der Waals surface area contributed by atoms with Crippen molar-refractivity contribution in [3.8, 4) is 0 Å². The Hall–Kier alpha value is -0.130. The summed E-state index contributed by atoms with van der Waals surface area (Å²) in [5.41, 5.74) is 0. The van der Waals surface area contributed by atoms with E-state index in [4.69, 9.17) is 9.47 Å². The van der Waals surface area contributed by atoms with E-state index in [0.717, 1.165) is 6.42 Å². The van der Waals surface area contributed by atoms with Gasteiger partial charge >= 0.3 is 0 Å². The minimum atomic E-state index is -2.82. The molecule has 0 saturated carbocycles. The molecule has 0 unspecified atom stereocenters. The normalized spacial score (nSPS) is 42.1. The Labute approximate surface area is 78.1 Å². The predicted molar refractivity (Wildman–Crippen MR) is 47.0 cm³/mol. The maximum atomic E-state index is 11.2. The first-order valence-corrected chi connectivity index (χ1v) is 6.40.